The van der Waals surface area contributed by atoms with E-state index < -0.39 is 0 Å². The van der Waals surface area contributed by atoms with Crippen molar-refractivity contribution in [1.29, 1.82) is 0 Å². The van der Waals surface area contributed by atoms with Gasteiger partial charge in [-0.1, -0.05) is 18.5 Å². The number of hydrogen-bond donors (Lipinski definition) is 1. The summed E-state index contributed by atoms with van der Waals surface area (Å²) in [6, 6.07) is 4.98. The average molecular weight is 298 g/mol. The Bertz CT molecular complexity index is 651. The second-order valence-electron chi connectivity index (χ2n) is 3.87. The van der Waals surface area contributed by atoms with E-state index in [9.17, 15) is 9.59 Å². The topological polar surface area (TPSA) is 67.8 Å². The Labute approximate surface area is 119 Å². The molecule has 0 aliphatic carbocycles. The number of rotatable bonds is 5. The van der Waals surface area contributed by atoms with Crippen LogP contribution in [-0.2, 0) is 6.54 Å². The van der Waals surface area contributed by atoms with Crippen LogP contribution in [0.5, 0.6) is 0 Å². The Morgan fingerprint density at radius 1 is 1.53 bits per heavy atom. The zero-order valence-electron chi connectivity index (χ0n) is 10.2. The third kappa shape index (κ3) is 3.08. The molecule has 0 spiro atoms. The summed E-state index contributed by atoms with van der Waals surface area (Å²) in [6.45, 7) is 2.55. The molecular formula is C12H12ClN3O2S. The summed E-state index contributed by atoms with van der Waals surface area (Å²) < 4.78 is 1.54. The van der Waals surface area contributed by atoms with Gasteiger partial charge in [-0.15, -0.1) is 5.10 Å². The second-order valence-corrected chi connectivity index (χ2v) is 5.31. The summed E-state index contributed by atoms with van der Waals surface area (Å²) >= 11 is 7.17. The van der Waals surface area contributed by atoms with Crippen molar-refractivity contribution < 1.29 is 4.79 Å². The molecule has 2 aromatic rings. The van der Waals surface area contributed by atoms with Gasteiger partial charge in [-0.25, -0.2) is 9.89 Å². The Hall–Kier alpha value is -1.53. The van der Waals surface area contributed by atoms with Gasteiger partial charge in [0.2, 0.25) is 0 Å². The van der Waals surface area contributed by atoms with Crippen molar-refractivity contribution in [2.75, 3.05) is 0 Å². The van der Waals surface area contributed by atoms with Crippen LogP contribution in [0.15, 0.2) is 33.0 Å². The molecule has 0 unspecified atom stereocenters. The molecule has 1 heterocycles. The maximum absolute atomic E-state index is 11.6. The van der Waals surface area contributed by atoms with Crippen LogP contribution in [0, 0.1) is 0 Å². The maximum Gasteiger partial charge on any atom is 0.343 e. The van der Waals surface area contributed by atoms with E-state index in [1.807, 2.05) is 6.92 Å². The molecule has 1 N–H and O–H groups in total. The monoisotopic (exact) mass is 297 g/mol. The predicted octanol–water partition coefficient (Wildman–Crippen LogP) is 2.60. The summed E-state index contributed by atoms with van der Waals surface area (Å²) in [5.41, 5.74) is 0.270. The summed E-state index contributed by atoms with van der Waals surface area (Å²) in [4.78, 5) is 23.2. The van der Waals surface area contributed by atoms with Crippen LogP contribution in [0.4, 0.5) is 0 Å². The number of halogens is 1. The van der Waals surface area contributed by atoms with Crippen LogP contribution in [0.3, 0.4) is 0 Å². The minimum absolute atomic E-state index is 0.251. The predicted molar refractivity (Wildman–Crippen MR) is 74.1 cm³/mol. The van der Waals surface area contributed by atoms with E-state index in [0.29, 0.717) is 27.2 Å². The lowest BCUT2D eigenvalue weighted by Crippen LogP contribution is -2.17. The number of carbonyl (C=O) groups excluding carboxylic acids is 1. The van der Waals surface area contributed by atoms with Gasteiger partial charge < -0.3 is 0 Å². The van der Waals surface area contributed by atoms with Gasteiger partial charge in [-0.05, 0) is 36.4 Å². The van der Waals surface area contributed by atoms with Crippen LogP contribution >= 0.6 is 23.4 Å². The minimum Gasteiger partial charge on any atom is -0.298 e. The van der Waals surface area contributed by atoms with Crippen LogP contribution in [0.2, 0.25) is 5.02 Å². The highest BCUT2D eigenvalue weighted by atomic mass is 35.5. The number of aldehydes is 1. The van der Waals surface area contributed by atoms with Crippen LogP contribution in [0.25, 0.3) is 0 Å². The fourth-order valence-corrected chi connectivity index (χ4v) is 2.82. The summed E-state index contributed by atoms with van der Waals surface area (Å²) in [6.07, 6.45) is 1.58. The Morgan fingerprint density at radius 2 is 2.32 bits per heavy atom. The van der Waals surface area contributed by atoms with Crippen molar-refractivity contribution in [3.8, 4) is 0 Å². The van der Waals surface area contributed by atoms with Crippen LogP contribution in [-0.4, -0.2) is 21.1 Å². The number of nitrogens with zero attached hydrogens (tertiary/aromatic N) is 2. The molecule has 0 amide bonds. The highest BCUT2D eigenvalue weighted by molar-refractivity contribution is 7.99. The van der Waals surface area contributed by atoms with Crippen molar-refractivity contribution >= 4 is 29.6 Å². The number of H-pyrrole nitrogens is 1. The third-order valence-electron chi connectivity index (χ3n) is 2.47. The normalized spacial score (nSPS) is 10.6. The van der Waals surface area contributed by atoms with E-state index in [1.165, 1.54) is 11.8 Å². The van der Waals surface area contributed by atoms with E-state index >= 15 is 0 Å². The first-order chi connectivity index (χ1) is 9.15. The summed E-state index contributed by atoms with van der Waals surface area (Å²) in [5.74, 6) is 0. The van der Waals surface area contributed by atoms with Gasteiger partial charge in [0.25, 0.3) is 0 Å². The van der Waals surface area contributed by atoms with Crippen molar-refractivity contribution in [3.63, 3.8) is 0 Å². The van der Waals surface area contributed by atoms with Gasteiger partial charge in [0.15, 0.2) is 11.4 Å². The molecule has 100 valence electrons. The zero-order chi connectivity index (χ0) is 13.8. The van der Waals surface area contributed by atoms with Gasteiger partial charge in [-0.3, -0.25) is 9.36 Å². The minimum atomic E-state index is -0.251. The zero-order valence-corrected chi connectivity index (χ0v) is 11.8. The number of carbonyl (C=O) groups is 1. The van der Waals surface area contributed by atoms with Crippen molar-refractivity contribution in [2.24, 2.45) is 0 Å². The van der Waals surface area contributed by atoms with E-state index in [0.717, 1.165) is 12.7 Å². The molecule has 0 atom stereocenters. The number of hydrogen-bond acceptors (Lipinski definition) is 4. The van der Waals surface area contributed by atoms with Crippen molar-refractivity contribution in [2.45, 2.75) is 29.9 Å². The highest BCUT2D eigenvalue weighted by Gasteiger charge is 2.12. The van der Waals surface area contributed by atoms with Crippen LogP contribution in [0.1, 0.15) is 23.7 Å². The van der Waals surface area contributed by atoms with Crippen molar-refractivity contribution in [3.05, 3.63) is 39.3 Å². The molecule has 0 bridgehead atoms. The van der Waals surface area contributed by atoms with E-state index in [-0.39, 0.29) is 5.69 Å². The largest absolute Gasteiger partial charge is 0.343 e. The lowest BCUT2D eigenvalue weighted by Gasteiger charge is -2.06. The Balaban J connectivity index is 2.38. The number of nitrogens with one attached hydrogen (secondary N) is 1. The van der Waals surface area contributed by atoms with Gasteiger partial charge in [0, 0.05) is 22.0 Å². The quantitative estimate of drug-likeness (QED) is 0.861. The first kappa shape index (κ1) is 13.9. The first-order valence-corrected chi connectivity index (χ1v) is 6.93. The molecule has 2 rings (SSSR count). The number of benzene rings is 1. The molecule has 7 heteroatoms. The number of aromatic nitrogens is 3. The maximum atomic E-state index is 11.6. The third-order valence-corrected chi connectivity index (χ3v) is 3.78. The molecule has 0 fully saturated rings. The van der Waals surface area contributed by atoms with E-state index in [2.05, 4.69) is 10.2 Å². The fourth-order valence-electron chi connectivity index (χ4n) is 1.59. The van der Waals surface area contributed by atoms with Gasteiger partial charge in [-0.2, -0.15) is 0 Å². The molecule has 0 saturated carbocycles. The van der Waals surface area contributed by atoms with E-state index in [1.54, 1.807) is 22.8 Å². The Morgan fingerprint density at radius 3 is 3.00 bits per heavy atom. The van der Waals surface area contributed by atoms with Gasteiger partial charge in [0.05, 0.1) is 0 Å². The highest BCUT2D eigenvalue weighted by Crippen LogP contribution is 2.30. The van der Waals surface area contributed by atoms with Gasteiger partial charge >= 0.3 is 5.69 Å². The molecule has 0 aliphatic heterocycles. The summed E-state index contributed by atoms with van der Waals surface area (Å²) in [7, 11) is 0. The van der Waals surface area contributed by atoms with E-state index in [4.69, 9.17) is 11.6 Å². The molecule has 1 aromatic heterocycles. The molecule has 0 saturated heterocycles. The molecular weight excluding hydrogens is 286 g/mol. The molecule has 5 nitrogen and oxygen atoms in total. The van der Waals surface area contributed by atoms with Crippen molar-refractivity contribution in [1.82, 2.24) is 14.8 Å². The Kier molecular flexibility index (Phi) is 4.44. The summed E-state index contributed by atoms with van der Waals surface area (Å²) in [5, 5.41) is 7.43. The molecule has 1 aromatic carbocycles. The molecule has 0 radical (unpaired) electrons. The van der Waals surface area contributed by atoms with Crippen LogP contribution < -0.4 is 5.69 Å². The molecule has 19 heavy (non-hydrogen) atoms. The molecule has 0 aliphatic rings. The average Bonchev–Trinajstić information content (AvgIpc) is 2.72. The standard InChI is InChI=1S/C12H12ClN3O2S/c1-2-5-16-11(18)14-15-12(16)19-10-6-9(13)4-3-8(10)7-17/h3-4,6-7H,2,5H2,1H3,(H,14,18). The second kappa shape index (κ2) is 6.08. The SMILES string of the molecule is CCCn1c(Sc2cc(Cl)ccc2C=O)n[nH]c1=O. The lowest BCUT2D eigenvalue weighted by atomic mass is 10.2. The smallest absolute Gasteiger partial charge is 0.298 e. The van der Waals surface area contributed by atoms with Gasteiger partial charge in [0.1, 0.15) is 0 Å². The number of aromatic amines is 1. The fraction of sp³-hybridized carbons (Fsp3) is 0.250. The first-order valence-electron chi connectivity index (χ1n) is 5.73. The lowest BCUT2D eigenvalue weighted by molar-refractivity contribution is 0.112.